The molecule has 0 spiro atoms. The molecule has 35 heavy (non-hydrogen) atoms. The smallest absolute Gasteiger partial charge is 0.00977 e. The zero-order chi connectivity index (χ0) is 27.7. The fourth-order valence-corrected chi connectivity index (χ4v) is 6.48. The van der Waals surface area contributed by atoms with E-state index in [-0.39, 0.29) is 27.1 Å². The van der Waals surface area contributed by atoms with Crippen LogP contribution in [0, 0.1) is 33.0 Å². The molecular formula is C35H62. The molecule has 0 saturated heterocycles. The van der Waals surface area contributed by atoms with Crippen LogP contribution in [-0.4, -0.2) is 0 Å². The van der Waals surface area contributed by atoms with Crippen LogP contribution < -0.4 is 0 Å². The summed E-state index contributed by atoms with van der Waals surface area (Å²) < 4.78 is 0. The maximum atomic E-state index is 2.52. The summed E-state index contributed by atoms with van der Waals surface area (Å²) >= 11 is 0. The van der Waals surface area contributed by atoms with Gasteiger partial charge in [-0.05, 0) is 53.6 Å². The molecule has 0 nitrogen and oxygen atoms in total. The molecular weight excluding hydrogens is 420 g/mol. The van der Waals surface area contributed by atoms with Gasteiger partial charge < -0.3 is 0 Å². The van der Waals surface area contributed by atoms with Gasteiger partial charge in [-0.1, -0.05) is 152 Å². The van der Waals surface area contributed by atoms with Gasteiger partial charge >= 0.3 is 0 Å². The molecule has 0 saturated carbocycles. The third-order valence-electron chi connectivity index (χ3n) is 9.97. The van der Waals surface area contributed by atoms with Gasteiger partial charge in [0.15, 0.2) is 0 Å². The molecule has 0 fully saturated rings. The highest BCUT2D eigenvalue weighted by Crippen LogP contribution is 2.55. The zero-order valence-corrected chi connectivity index (χ0v) is 26.5. The summed E-state index contributed by atoms with van der Waals surface area (Å²) in [5, 5.41) is 0. The lowest BCUT2D eigenvalue weighted by molar-refractivity contribution is 0.0646. The van der Waals surface area contributed by atoms with Crippen LogP contribution in [0.3, 0.4) is 0 Å². The Morgan fingerprint density at radius 3 is 1.46 bits per heavy atom. The molecule has 0 heteroatoms. The second-order valence-electron chi connectivity index (χ2n) is 11.8. The molecule has 2 unspecified atom stereocenters. The third kappa shape index (κ3) is 6.34. The average Bonchev–Trinajstić information content (AvgIpc) is 3.03. The van der Waals surface area contributed by atoms with Crippen LogP contribution in [0.5, 0.6) is 0 Å². The van der Waals surface area contributed by atoms with E-state index < -0.39 is 0 Å². The standard InChI is InChI=1S/C31H50.2C2H6/c1-12-28(9,13-2)29(10)19-16-25-17-20-30(11,31(14-3,15-4)24(5)6)21-18-26(25)27(7,8)22-23-29;2*1-2/h16-24H,12-15H2,1-11H3;2*1-2H3/b19-16-,23-22-;;. The quantitative estimate of drug-likeness (QED) is 0.316. The molecule has 0 amide bonds. The van der Waals surface area contributed by atoms with E-state index in [0.29, 0.717) is 5.92 Å². The molecule has 0 heterocycles. The maximum Gasteiger partial charge on any atom is 0.00977 e. The summed E-state index contributed by atoms with van der Waals surface area (Å²) in [4.78, 5) is 0. The van der Waals surface area contributed by atoms with Gasteiger partial charge in [-0.2, -0.15) is 0 Å². The van der Waals surface area contributed by atoms with Gasteiger partial charge in [-0.25, -0.2) is 0 Å². The minimum absolute atomic E-state index is 0.00520. The van der Waals surface area contributed by atoms with E-state index in [0.717, 1.165) is 0 Å². The molecule has 0 N–H and O–H groups in total. The van der Waals surface area contributed by atoms with Gasteiger partial charge in [-0.3, -0.25) is 0 Å². The second-order valence-corrected chi connectivity index (χ2v) is 11.8. The van der Waals surface area contributed by atoms with Crippen molar-refractivity contribution in [3.63, 3.8) is 0 Å². The van der Waals surface area contributed by atoms with Crippen LogP contribution in [-0.2, 0) is 0 Å². The Morgan fingerprint density at radius 2 is 1.06 bits per heavy atom. The van der Waals surface area contributed by atoms with Crippen LogP contribution in [0.2, 0.25) is 0 Å². The Hall–Kier alpha value is -1.30. The van der Waals surface area contributed by atoms with Crippen LogP contribution in [0.1, 0.15) is 130 Å². The normalized spacial score (nSPS) is 27.4. The Labute approximate surface area is 222 Å². The monoisotopic (exact) mass is 482 g/mol. The van der Waals surface area contributed by atoms with Crippen molar-refractivity contribution in [2.75, 3.05) is 0 Å². The van der Waals surface area contributed by atoms with Gasteiger partial charge in [0.2, 0.25) is 0 Å². The van der Waals surface area contributed by atoms with E-state index in [2.05, 4.69) is 125 Å². The lowest BCUT2D eigenvalue weighted by atomic mass is 9.56. The van der Waals surface area contributed by atoms with E-state index in [1.54, 1.807) is 0 Å². The summed E-state index contributed by atoms with van der Waals surface area (Å²) in [7, 11) is 0. The predicted molar refractivity (Wildman–Crippen MR) is 163 cm³/mol. The summed E-state index contributed by atoms with van der Waals surface area (Å²) in [6.07, 6.45) is 24.5. The number of rotatable bonds is 7. The molecule has 0 aromatic carbocycles. The van der Waals surface area contributed by atoms with Crippen molar-refractivity contribution in [3.8, 4) is 0 Å². The van der Waals surface area contributed by atoms with E-state index in [4.69, 9.17) is 0 Å². The molecule has 2 aliphatic carbocycles. The summed E-state index contributed by atoms with van der Waals surface area (Å²) in [6, 6.07) is 0. The number of hydrogen-bond acceptors (Lipinski definition) is 0. The molecule has 0 aromatic heterocycles. The molecule has 0 aromatic rings. The van der Waals surface area contributed by atoms with Crippen LogP contribution in [0.4, 0.5) is 0 Å². The fraction of sp³-hybridized carbons (Fsp3) is 0.714. The van der Waals surface area contributed by atoms with Gasteiger partial charge in [0.05, 0.1) is 0 Å². The van der Waals surface area contributed by atoms with Crippen LogP contribution >= 0.6 is 0 Å². The highest BCUT2D eigenvalue weighted by molar-refractivity contribution is 5.51. The van der Waals surface area contributed by atoms with Gasteiger partial charge in [-0.15, -0.1) is 0 Å². The first-order valence-electron chi connectivity index (χ1n) is 14.8. The van der Waals surface area contributed by atoms with Crippen molar-refractivity contribution in [2.45, 2.75) is 130 Å². The maximum absolute atomic E-state index is 2.52. The Morgan fingerprint density at radius 1 is 0.629 bits per heavy atom. The fourth-order valence-electron chi connectivity index (χ4n) is 6.48. The first-order chi connectivity index (χ1) is 16.3. The zero-order valence-electron chi connectivity index (χ0n) is 26.5. The summed E-state index contributed by atoms with van der Waals surface area (Å²) in [5.74, 6) is 0.629. The van der Waals surface area contributed by atoms with Crippen LogP contribution in [0.25, 0.3) is 0 Å². The Bertz CT molecular complexity index is 786. The lowest BCUT2D eigenvalue weighted by Crippen LogP contribution is -2.41. The van der Waals surface area contributed by atoms with Gasteiger partial charge in [0, 0.05) is 16.2 Å². The average molecular weight is 483 g/mol. The summed E-state index contributed by atoms with van der Waals surface area (Å²) in [6.45, 7) is 34.3. The van der Waals surface area contributed by atoms with E-state index in [1.165, 1.54) is 36.8 Å². The Balaban J connectivity index is 0.00000274. The highest BCUT2D eigenvalue weighted by Gasteiger charge is 2.45. The highest BCUT2D eigenvalue weighted by atomic mass is 14.5. The second kappa shape index (κ2) is 13.3. The van der Waals surface area contributed by atoms with Crippen molar-refractivity contribution in [1.82, 2.24) is 0 Å². The van der Waals surface area contributed by atoms with E-state index in [9.17, 15) is 0 Å². The van der Waals surface area contributed by atoms with Crippen molar-refractivity contribution in [3.05, 3.63) is 59.8 Å². The topological polar surface area (TPSA) is 0 Å². The number of allylic oxidation sites excluding steroid dienone is 10. The third-order valence-corrected chi connectivity index (χ3v) is 9.97. The summed E-state index contributed by atoms with van der Waals surface area (Å²) in [5.41, 5.74) is 3.42. The molecule has 0 aliphatic heterocycles. The lowest BCUT2D eigenvalue weighted by Gasteiger charge is -2.48. The molecule has 202 valence electrons. The largest absolute Gasteiger partial charge is 0.0776 e. The minimum Gasteiger partial charge on any atom is -0.0776 e. The van der Waals surface area contributed by atoms with E-state index >= 15 is 0 Å². The van der Waals surface area contributed by atoms with Crippen molar-refractivity contribution in [1.29, 1.82) is 0 Å². The van der Waals surface area contributed by atoms with Crippen molar-refractivity contribution >= 4 is 0 Å². The molecule has 0 bridgehead atoms. The van der Waals surface area contributed by atoms with Crippen LogP contribution in [0.15, 0.2) is 59.8 Å². The SMILES string of the molecule is CC.CC.CCC(C)(CC)C1(C)/C=C\C2=C(C=CC(C)(C(CC)(CC)C(C)C)C=C2)C(C)(C)/C=C\1. The Kier molecular flexibility index (Phi) is 12.8. The predicted octanol–water partition coefficient (Wildman–Crippen LogP) is 11.9. The van der Waals surface area contributed by atoms with Crippen molar-refractivity contribution in [2.24, 2.45) is 33.0 Å². The molecule has 2 aliphatic rings. The first-order valence-corrected chi connectivity index (χ1v) is 14.8. The molecule has 2 atom stereocenters. The molecule has 2 rings (SSSR count). The minimum atomic E-state index is -0.00520. The van der Waals surface area contributed by atoms with Gasteiger partial charge in [0.1, 0.15) is 0 Å². The van der Waals surface area contributed by atoms with Crippen molar-refractivity contribution < 1.29 is 0 Å². The van der Waals surface area contributed by atoms with E-state index in [1.807, 2.05) is 27.7 Å². The van der Waals surface area contributed by atoms with Gasteiger partial charge in [0.25, 0.3) is 0 Å². The first kappa shape index (κ1) is 33.7. The molecule has 0 radical (unpaired) electrons. The number of hydrogen-bond donors (Lipinski definition) is 0.